The molecule has 3 rings (SSSR count). The van der Waals surface area contributed by atoms with Crippen molar-refractivity contribution >= 4 is 11.5 Å². The highest BCUT2D eigenvalue weighted by atomic mass is 16.5. The van der Waals surface area contributed by atoms with E-state index in [0.717, 1.165) is 13.2 Å². The number of hydrogen-bond acceptors (Lipinski definition) is 4. The number of nitrogen functional groups attached to an aromatic ring is 1. The van der Waals surface area contributed by atoms with E-state index in [0.29, 0.717) is 17.9 Å². The molecule has 0 aliphatic carbocycles. The fourth-order valence-corrected chi connectivity index (χ4v) is 2.60. The fraction of sp³-hybridized carbons (Fsp3) is 0.545. The maximum atomic E-state index is 5.59. The van der Waals surface area contributed by atoms with E-state index in [2.05, 4.69) is 16.0 Å². The molecule has 0 spiro atoms. The second-order valence-electron chi connectivity index (χ2n) is 4.27. The summed E-state index contributed by atoms with van der Waals surface area (Å²) in [4.78, 5) is 6.59. The summed E-state index contributed by atoms with van der Waals surface area (Å²) in [6, 6.07) is 4.99. The largest absolute Gasteiger partial charge is 0.384 e. The van der Waals surface area contributed by atoms with Gasteiger partial charge in [-0.1, -0.05) is 0 Å². The standard InChI is InChI=1S/C11H15N3O/c12-11-4-3-8(5-13-11)14-9-1-2-10(14)7-15-6-9/h3-5,9-10H,1-2,6-7H2,(H2,12,13)/t9-,10-/m0/s1. The van der Waals surface area contributed by atoms with Crippen LogP contribution in [0.25, 0.3) is 0 Å². The zero-order valence-corrected chi connectivity index (χ0v) is 8.60. The first-order chi connectivity index (χ1) is 7.34. The molecule has 4 heteroatoms. The number of nitrogens with two attached hydrogens (primary N) is 1. The third-order valence-electron chi connectivity index (χ3n) is 3.31. The predicted octanol–water partition coefficient (Wildman–Crippen LogP) is 1.03. The van der Waals surface area contributed by atoms with E-state index >= 15 is 0 Å². The van der Waals surface area contributed by atoms with E-state index in [9.17, 15) is 0 Å². The minimum atomic E-state index is 0.536. The summed E-state index contributed by atoms with van der Waals surface area (Å²) >= 11 is 0. The summed E-state index contributed by atoms with van der Waals surface area (Å²) in [5.74, 6) is 0.583. The van der Waals surface area contributed by atoms with Crippen molar-refractivity contribution in [1.29, 1.82) is 0 Å². The van der Waals surface area contributed by atoms with Gasteiger partial charge in [0.25, 0.3) is 0 Å². The Morgan fingerprint density at radius 1 is 1.27 bits per heavy atom. The van der Waals surface area contributed by atoms with Crippen molar-refractivity contribution in [3.05, 3.63) is 18.3 Å². The molecule has 0 saturated carbocycles. The number of morpholine rings is 1. The third-order valence-corrected chi connectivity index (χ3v) is 3.31. The zero-order chi connectivity index (χ0) is 10.3. The number of nitrogens with zero attached hydrogens (tertiary/aromatic N) is 2. The summed E-state index contributed by atoms with van der Waals surface area (Å²) in [5.41, 5.74) is 6.77. The summed E-state index contributed by atoms with van der Waals surface area (Å²) in [6.07, 6.45) is 4.33. The van der Waals surface area contributed by atoms with Crippen LogP contribution in [0.5, 0.6) is 0 Å². The lowest BCUT2D eigenvalue weighted by Crippen LogP contribution is -2.45. The molecular formula is C11H15N3O. The van der Waals surface area contributed by atoms with Gasteiger partial charge >= 0.3 is 0 Å². The number of rotatable bonds is 1. The number of hydrogen-bond donors (Lipinski definition) is 1. The monoisotopic (exact) mass is 205 g/mol. The molecular weight excluding hydrogens is 190 g/mol. The Morgan fingerprint density at radius 2 is 2.00 bits per heavy atom. The number of ether oxygens (including phenoxy) is 1. The maximum absolute atomic E-state index is 5.59. The van der Waals surface area contributed by atoms with Crippen LogP contribution in [0, 0.1) is 0 Å². The molecule has 80 valence electrons. The van der Waals surface area contributed by atoms with E-state index in [1.54, 1.807) is 0 Å². The number of fused-ring (bicyclic) bond motifs is 2. The molecule has 4 nitrogen and oxygen atoms in total. The van der Waals surface area contributed by atoms with E-state index in [1.165, 1.54) is 18.5 Å². The molecule has 0 amide bonds. The van der Waals surface area contributed by atoms with Crippen LogP contribution in [-0.2, 0) is 4.74 Å². The minimum absolute atomic E-state index is 0.536. The van der Waals surface area contributed by atoms with Crippen LogP contribution in [0.2, 0.25) is 0 Å². The van der Waals surface area contributed by atoms with Crippen molar-refractivity contribution in [2.75, 3.05) is 23.8 Å². The topological polar surface area (TPSA) is 51.4 Å². The van der Waals surface area contributed by atoms with Gasteiger partial charge in [-0.3, -0.25) is 0 Å². The molecule has 2 N–H and O–H groups in total. The van der Waals surface area contributed by atoms with Gasteiger partial charge in [-0.05, 0) is 25.0 Å². The van der Waals surface area contributed by atoms with Gasteiger partial charge in [0.1, 0.15) is 5.82 Å². The van der Waals surface area contributed by atoms with E-state index in [1.807, 2.05) is 12.3 Å². The van der Waals surface area contributed by atoms with Crippen LogP contribution >= 0.6 is 0 Å². The van der Waals surface area contributed by atoms with Gasteiger partial charge in [0.05, 0.1) is 37.2 Å². The van der Waals surface area contributed by atoms with Gasteiger partial charge in [0.15, 0.2) is 0 Å². The Kier molecular flexibility index (Phi) is 2.02. The summed E-state index contributed by atoms with van der Waals surface area (Å²) in [6.45, 7) is 1.70. The van der Waals surface area contributed by atoms with Crippen molar-refractivity contribution in [1.82, 2.24) is 4.98 Å². The first kappa shape index (κ1) is 8.97. The highest BCUT2D eigenvalue weighted by Crippen LogP contribution is 2.33. The number of pyridine rings is 1. The normalized spacial score (nSPS) is 29.5. The van der Waals surface area contributed by atoms with Crippen LogP contribution in [0.3, 0.4) is 0 Å². The average molecular weight is 205 g/mol. The second kappa shape index (κ2) is 3.38. The van der Waals surface area contributed by atoms with E-state index < -0.39 is 0 Å². The molecule has 2 fully saturated rings. The lowest BCUT2D eigenvalue weighted by Gasteiger charge is -2.36. The molecule has 0 radical (unpaired) electrons. The van der Waals surface area contributed by atoms with Crippen molar-refractivity contribution in [3.63, 3.8) is 0 Å². The lowest BCUT2D eigenvalue weighted by atomic mass is 10.2. The van der Waals surface area contributed by atoms with Gasteiger partial charge in [-0.15, -0.1) is 0 Å². The average Bonchev–Trinajstić information content (AvgIpc) is 2.51. The summed E-state index contributed by atoms with van der Waals surface area (Å²) < 4.78 is 5.55. The molecule has 1 aromatic rings. The van der Waals surface area contributed by atoms with Crippen LogP contribution in [-0.4, -0.2) is 30.3 Å². The van der Waals surface area contributed by atoms with Gasteiger partial charge in [-0.25, -0.2) is 4.98 Å². The Bertz CT molecular complexity index is 335. The SMILES string of the molecule is Nc1ccc(N2[C@H]3CC[C@H]2COC3)cn1. The first-order valence-corrected chi connectivity index (χ1v) is 5.42. The van der Waals surface area contributed by atoms with Crippen molar-refractivity contribution < 1.29 is 4.74 Å². The van der Waals surface area contributed by atoms with Gasteiger partial charge < -0.3 is 15.4 Å². The number of aromatic nitrogens is 1. The quantitative estimate of drug-likeness (QED) is 0.744. The molecule has 2 aliphatic heterocycles. The first-order valence-electron chi connectivity index (χ1n) is 5.42. The number of anilines is 2. The van der Waals surface area contributed by atoms with Crippen LogP contribution < -0.4 is 10.6 Å². The summed E-state index contributed by atoms with van der Waals surface area (Å²) in [7, 11) is 0. The molecule has 2 saturated heterocycles. The highest BCUT2D eigenvalue weighted by molar-refractivity contribution is 5.51. The van der Waals surface area contributed by atoms with Crippen LogP contribution in [0.4, 0.5) is 11.5 Å². The predicted molar refractivity (Wildman–Crippen MR) is 58.8 cm³/mol. The summed E-state index contributed by atoms with van der Waals surface area (Å²) in [5, 5.41) is 0. The van der Waals surface area contributed by atoms with Crippen molar-refractivity contribution in [2.24, 2.45) is 0 Å². The molecule has 15 heavy (non-hydrogen) atoms. The molecule has 0 aromatic carbocycles. The lowest BCUT2D eigenvalue weighted by molar-refractivity contribution is 0.0906. The molecule has 1 aromatic heterocycles. The van der Waals surface area contributed by atoms with Crippen molar-refractivity contribution in [2.45, 2.75) is 24.9 Å². The zero-order valence-electron chi connectivity index (χ0n) is 8.60. The third kappa shape index (κ3) is 1.45. The molecule has 2 aliphatic rings. The smallest absolute Gasteiger partial charge is 0.123 e. The highest BCUT2D eigenvalue weighted by Gasteiger charge is 2.37. The minimum Gasteiger partial charge on any atom is -0.384 e. The van der Waals surface area contributed by atoms with Gasteiger partial charge in [0, 0.05) is 0 Å². The Labute approximate surface area is 89.0 Å². The Balaban J connectivity index is 1.90. The Hall–Kier alpha value is -1.29. The fourth-order valence-electron chi connectivity index (χ4n) is 2.60. The molecule has 0 unspecified atom stereocenters. The second-order valence-corrected chi connectivity index (χ2v) is 4.27. The van der Waals surface area contributed by atoms with Crippen molar-refractivity contribution in [3.8, 4) is 0 Å². The van der Waals surface area contributed by atoms with Crippen LogP contribution in [0.15, 0.2) is 18.3 Å². The Morgan fingerprint density at radius 3 is 2.60 bits per heavy atom. The van der Waals surface area contributed by atoms with Gasteiger partial charge in [-0.2, -0.15) is 0 Å². The molecule has 2 bridgehead atoms. The van der Waals surface area contributed by atoms with Gasteiger partial charge in [0.2, 0.25) is 0 Å². The molecule has 2 atom stereocenters. The van der Waals surface area contributed by atoms with Crippen LogP contribution in [0.1, 0.15) is 12.8 Å². The van der Waals surface area contributed by atoms with E-state index in [-0.39, 0.29) is 0 Å². The maximum Gasteiger partial charge on any atom is 0.123 e. The molecule has 3 heterocycles. The van der Waals surface area contributed by atoms with E-state index in [4.69, 9.17) is 10.5 Å².